The van der Waals surface area contributed by atoms with Crippen LogP contribution in [0.25, 0.3) is 5.00 Å². The van der Waals surface area contributed by atoms with Crippen LogP contribution in [-0.2, 0) is 29.0 Å². The number of amides is 1. The molecule has 2 aliphatic rings. The van der Waals surface area contributed by atoms with Gasteiger partial charge < -0.3 is 9.64 Å². The molecule has 5 rings (SSSR count). The molecule has 0 N–H and O–H groups in total. The van der Waals surface area contributed by atoms with E-state index in [4.69, 9.17) is 16.6 Å². The number of aliphatic imine (C=N–C) groups is 1. The molecule has 1 amide bonds. The minimum absolute atomic E-state index is 0.456. The fraction of sp³-hybridized carbons (Fsp3) is 0.364. The van der Waals surface area contributed by atoms with Crippen molar-refractivity contribution in [3.05, 3.63) is 62.5 Å². The van der Waals surface area contributed by atoms with Crippen LogP contribution in [0.3, 0.4) is 0 Å². The van der Waals surface area contributed by atoms with E-state index in [0.717, 1.165) is 52.9 Å². The van der Waals surface area contributed by atoms with Crippen molar-refractivity contribution >= 4 is 35.1 Å². The van der Waals surface area contributed by atoms with Crippen LogP contribution in [0.4, 0.5) is 0 Å². The highest BCUT2D eigenvalue weighted by Gasteiger charge is 2.31. The van der Waals surface area contributed by atoms with Crippen LogP contribution in [0.2, 0.25) is 5.02 Å². The summed E-state index contributed by atoms with van der Waals surface area (Å²) in [6.07, 6.45) is 1.73. The Morgan fingerprint density at radius 1 is 1.29 bits per heavy atom. The standard InChI is InChI=1S/C19H16ClN5OS.C3H8O/c1-11-22-23-16-8-21-18(12-4-2-3-5-14(12)20)17-13-6-7-24(10-26)9-15(13)27-19(17)25(11)16;1-3-4-2/h2-5,10H,6-9H2,1H3;3H2,1-2H3. The Labute approximate surface area is 190 Å². The number of rotatable bonds is 3. The molecule has 0 fully saturated rings. The molecule has 0 spiro atoms. The summed E-state index contributed by atoms with van der Waals surface area (Å²) in [5.41, 5.74) is 4.19. The van der Waals surface area contributed by atoms with Crippen LogP contribution >= 0.6 is 22.9 Å². The second-order valence-electron chi connectivity index (χ2n) is 7.23. The highest BCUT2D eigenvalue weighted by molar-refractivity contribution is 7.15. The highest BCUT2D eigenvalue weighted by atomic mass is 35.5. The fourth-order valence-corrected chi connectivity index (χ4v) is 5.44. The van der Waals surface area contributed by atoms with Gasteiger partial charge in [0.05, 0.1) is 12.3 Å². The molecule has 4 heterocycles. The zero-order chi connectivity index (χ0) is 22.0. The Hall–Kier alpha value is -2.55. The number of ether oxygens (including phenoxy) is 1. The van der Waals surface area contributed by atoms with Crippen LogP contribution in [-0.4, -0.2) is 52.0 Å². The first-order chi connectivity index (χ1) is 15.1. The number of thiophene rings is 1. The molecule has 0 unspecified atom stereocenters. The quantitative estimate of drug-likeness (QED) is 0.560. The Morgan fingerprint density at radius 2 is 2.06 bits per heavy atom. The molecule has 1 aromatic carbocycles. The summed E-state index contributed by atoms with van der Waals surface area (Å²) in [6.45, 7) is 6.53. The van der Waals surface area contributed by atoms with Crippen LogP contribution in [0.1, 0.15) is 40.1 Å². The third-order valence-electron chi connectivity index (χ3n) is 5.34. The van der Waals surface area contributed by atoms with E-state index in [1.165, 1.54) is 10.4 Å². The van der Waals surface area contributed by atoms with Crippen molar-refractivity contribution in [3.63, 3.8) is 0 Å². The summed E-state index contributed by atoms with van der Waals surface area (Å²) in [7, 11) is 1.68. The average Bonchev–Trinajstić information content (AvgIpc) is 3.29. The van der Waals surface area contributed by atoms with Gasteiger partial charge in [0.1, 0.15) is 17.4 Å². The molecule has 0 bridgehead atoms. The number of aryl methyl sites for hydroxylation is 1. The summed E-state index contributed by atoms with van der Waals surface area (Å²) in [5.74, 6) is 1.66. The average molecular weight is 458 g/mol. The van der Waals surface area contributed by atoms with Gasteiger partial charge in [-0.05, 0) is 31.9 Å². The van der Waals surface area contributed by atoms with Gasteiger partial charge >= 0.3 is 0 Å². The molecule has 3 aromatic rings. The zero-order valence-corrected chi connectivity index (χ0v) is 19.3. The van der Waals surface area contributed by atoms with E-state index in [9.17, 15) is 4.79 Å². The molecule has 0 radical (unpaired) electrons. The third kappa shape index (κ3) is 4.03. The maximum Gasteiger partial charge on any atom is 0.210 e. The molecule has 7 nitrogen and oxygen atoms in total. The first kappa shape index (κ1) is 21.7. The van der Waals surface area contributed by atoms with Gasteiger partial charge in [-0.25, -0.2) is 0 Å². The van der Waals surface area contributed by atoms with Gasteiger partial charge in [-0.15, -0.1) is 21.5 Å². The maximum atomic E-state index is 11.3. The molecular weight excluding hydrogens is 434 g/mol. The van der Waals surface area contributed by atoms with E-state index in [-0.39, 0.29) is 0 Å². The molecule has 31 heavy (non-hydrogen) atoms. The molecular formula is C22H24ClN5O2S. The molecule has 0 aliphatic carbocycles. The fourth-order valence-electron chi connectivity index (χ4n) is 3.78. The summed E-state index contributed by atoms with van der Waals surface area (Å²) in [6, 6.07) is 7.80. The van der Waals surface area contributed by atoms with Gasteiger partial charge in [-0.2, -0.15) is 0 Å². The van der Waals surface area contributed by atoms with Gasteiger partial charge in [0.25, 0.3) is 0 Å². The molecule has 2 aliphatic heterocycles. The van der Waals surface area contributed by atoms with Gasteiger partial charge in [0.2, 0.25) is 6.41 Å². The number of hydrogen-bond donors (Lipinski definition) is 0. The normalized spacial score (nSPS) is 14.5. The van der Waals surface area contributed by atoms with E-state index in [1.54, 1.807) is 18.4 Å². The topological polar surface area (TPSA) is 72.6 Å². The predicted octanol–water partition coefficient (Wildman–Crippen LogP) is 3.81. The van der Waals surface area contributed by atoms with Crippen LogP contribution in [0.5, 0.6) is 0 Å². The Bertz CT molecular complexity index is 1140. The lowest BCUT2D eigenvalue weighted by atomic mass is 9.95. The number of fused-ring (bicyclic) bond motifs is 5. The second-order valence-corrected chi connectivity index (χ2v) is 8.72. The van der Waals surface area contributed by atoms with Crippen LogP contribution in [0, 0.1) is 6.92 Å². The van der Waals surface area contributed by atoms with Gasteiger partial charge in [0.15, 0.2) is 5.82 Å². The van der Waals surface area contributed by atoms with Gasteiger partial charge in [-0.3, -0.25) is 14.4 Å². The monoisotopic (exact) mass is 457 g/mol. The number of halogens is 1. The number of methoxy groups -OCH3 is 1. The van der Waals surface area contributed by atoms with Crippen LogP contribution in [0.15, 0.2) is 29.3 Å². The number of hydrogen-bond acceptors (Lipinski definition) is 6. The Kier molecular flexibility index (Phi) is 6.50. The molecule has 0 atom stereocenters. The first-order valence-electron chi connectivity index (χ1n) is 10.1. The SMILES string of the molecule is CCOC.Cc1nnc2n1-c1sc3c(c1C(c1ccccc1Cl)=NC2)CCN(C=O)C3. The van der Waals surface area contributed by atoms with E-state index in [1.807, 2.05) is 43.0 Å². The van der Waals surface area contributed by atoms with Crippen molar-refractivity contribution in [2.75, 3.05) is 20.3 Å². The van der Waals surface area contributed by atoms with Crippen molar-refractivity contribution in [1.82, 2.24) is 19.7 Å². The van der Waals surface area contributed by atoms with E-state index < -0.39 is 0 Å². The van der Waals surface area contributed by atoms with Crippen molar-refractivity contribution in [3.8, 4) is 5.00 Å². The van der Waals surface area contributed by atoms with E-state index in [0.29, 0.717) is 24.7 Å². The summed E-state index contributed by atoms with van der Waals surface area (Å²) in [5, 5.41) is 10.3. The number of carbonyl (C=O) groups is 1. The smallest absolute Gasteiger partial charge is 0.210 e. The van der Waals surface area contributed by atoms with E-state index in [2.05, 4.69) is 19.5 Å². The first-order valence-corrected chi connectivity index (χ1v) is 11.3. The van der Waals surface area contributed by atoms with Crippen LogP contribution < -0.4 is 0 Å². The number of nitrogens with zero attached hydrogens (tertiary/aromatic N) is 5. The molecule has 162 valence electrons. The van der Waals surface area contributed by atoms with E-state index >= 15 is 0 Å². The lowest BCUT2D eigenvalue weighted by molar-refractivity contribution is -0.118. The second kappa shape index (κ2) is 9.30. The minimum Gasteiger partial charge on any atom is -0.385 e. The molecule has 0 saturated heterocycles. The van der Waals surface area contributed by atoms with Gasteiger partial charge in [-0.1, -0.05) is 29.8 Å². The van der Waals surface area contributed by atoms with Crippen molar-refractivity contribution in [2.24, 2.45) is 4.99 Å². The lowest BCUT2D eigenvalue weighted by Gasteiger charge is -2.23. The number of benzene rings is 1. The predicted molar refractivity (Wildman–Crippen MR) is 122 cm³/mol. The minimum atomic E-state index is 0.456. The largest absolute Gasteiger partial charge is 0.385 e. The Balaban J connectivity index is 0.000000535. The lowest BCUT2D eigenvalue weighted by Crippen LogP contribution is -2.28. The van der Waals surface area contributed by atoms with Crippen molar-refractivity contribution in [1.29, 1.82) is 0 Å². The Morgan fingerprint density at radius 3 is 2.77 bits per heavy atom. The van der Waals surface area contributed by atoms with Gasteiger partial charge in [0, 0.05) is 41.3 Å². The number of carbonyl (C=O) groups excluding carboxylic acids is 1. The highest BCUT2D eigenvalue weighted by Crippen LogP contribution is 2.40. The number of aromatic nitrogens is 3. The third-order valence-corrected chi connectivity index (χ3v) is 6.88. The maximum absolute atomic E-state index is 11.3. The van der Waals surface area contributed by atoms with Crippen molar-refractivity contribution in [2.45, 2.75) is 33.4 Å². The molecule has 0 saturated carbocycles. The molecule has 9 heteroatoms. The zero-order valence-electron chi connectivity index (χ0n) is 17.8. The van der Waals surface area contributed by atoms with Crippen molar-refractivity contribution < 1.29 is 9.53 Å². The summed E-state index contributed by atoms with van der Waals surface area (Å²) in [4.78, 5) is 19.2. The summed E-state index contributed by atoms with van der Waals surface area (Å²) >= 11 is 8.22. The molecule has 2 aromatic heterocycles. The summed E-state index contributed by atoms with van der Waals surface area (Å²) < 4.78 is 6.64.